The first-order valence-electron chi connectivity index (χ1n) is 2.51. The Morgan fingerprint density at radius 3 is 2.50 bits per heavy atom. The second kappa shape index (κ2) is 5.93. The van der Waals surface area contributed by atoms with Gasteiger partial charge in [-0.25, -0.2) is 0 Å². The average molecular weight is 188 g/mol. The van der Waals surface area contributed by atoms with E-state index in [9.17, 15) is 8.42 Å². The molecule has 2 atom stereocenters. The normalized spacial score (nSPS) is 16.6. The molecule has 0 bridgehead atoms. The first kappa shape index (κ1) is 10.2. The van der Waals surface area contributed by atoms with E-state index in [0.29, 0.717) is 6.42 Å². The van der Waals surface area contributed by atoms with Gasteiger partial charge >= 0.3 is 22.7 Å². The third kappa shape index (κ3) is 6.30. The van der Waals surface area contributed by atoms with Gasteiger partial charge in [0.25, 0.3) is 0 Å². The standard InChI is InChI=1S/C3H8O5S2/c1-2-3-7-10(6)8-9(4)5/h2-3H2,1H3,(H,4,5). The Balaban J connectivity index is 3.35. The van der Waals surface area contributed by atoms with Gasteiger partial charge in [0.05, 0.1) is 6.61 Å². The summed E-state index contributed by atoms with van der Waals surface area (Å²) >= 11 is -4.62. The Hall–Kier alpha value is 0.180. The molecule has 62 valence electrons. The van der Waals surface area contributed by atoms with Crippen LogP contribution in [0.2, 0.25) is 0 Å². The van der Waals surface area contributed by atoms with Gasteiger partial charge in [0.15, 0.2) is 0 Å². The Bertz CT molecular complexity index is 135. The molecule has 0 saturated heterocycles. The van der Waals surface area contributed by atoms with Crippen molar-refractivity contribution in [3.63, 3.8) is 0 Å². The molecule has 5 nitrogen and oxygen atoms in total. The van der Waals surface area contributed by atoms with Gasteiger partial charge in [-0.1, -0.05) is 6.92 Å². The molecule has 2 unspecified atom stereocenters. The number of hydrogen-bond donors (Lipinski definition) is 1. The van der Waals surface area contributed by atoms with Crippen LogP contribution in [0.4, 0.5) is 0 Å². The molecule has 0 aliphatic carbocycles. The first-order valence-corrected chi connectivity index (χ1v) is 4.54. The molecule has 0 amide bonds. The second-order valence-electron chi connectivity index (χ2n) is 1.31. The zero-order chi connectivity index (χ0) is 7.98. The van der Waals surface area contributed by atoms with Gasteiger partial charge < -0.3 is 0 Å². The molecular weight excluding hydrogens is 180 g/mol. The molecule has 0 aliphatic heterocycles. The van der Waals surface area contributed by atoms with E-state index in [1.807, 2.05) is 6.92 Å². The third-order valence-electron chi connectivity index (χ3n) is 0.497. The van der Waals surface area contributed by atoms with E-state index in [4.69, 9.17) is 4.55 Å². The summed E-state index contributed by atoms with van der Waals surface area (Å²) in [5.74, 6) is 0. The highest BCUT2D eigenvalue weighted by atomic mass is 32.3. The Labute approximate surface area is 64.1 Å². The van der Waals surface area contributed by atoms with Crippen molar-refractivity contribution in [3.05, 3.63) is 0 Å². The summed E-state index contributed by atoms with van der Waals surface area (Å²) < 4.78 is 36.3. The molecule has 0 aromatic carbocycles. The Kier molecular flexibility index (Phi) is 6.03. The zero-order valence-corrected chi connectivity index (χ0v) is 6.94. The van der Waals surface area contributed by atoms with Crippen molar-refractivity contribution in [2.45, 2.75) is 13.3 Å². The highest BCUT2D eigenvalue weighted by Gasteiger charge is 2.03. The lowest BCUT2D eigenvalue weighted by molar-refractivity contribution is 0.309. The van der Waals surface area contributed by atoms with Crippen LogP contribution in [0.1, 0.15) is 13.3 Å². The van der Waals surface area contributed by atoms with E-state index >= 15 is 0 Å². The number of hydrogen-bond acceptors (Lipinski definition) is 4. The monoisotopic (exact) mass is 188 g/mol. The van der Waals surface area contributed by atoms with E-state index in [2.05, 4.69) is 7.81 Å². The Morgan fingerprint density at radius 2 is 2.10 bits per heavy atom. The van der Waals surface area contributed by atoms with Gasteiger partial charge in [-0.2, -0.15) is 8.42 Å². The fraction of sp³-hybridized carbons (Fsp3) is 1.00. The largest absolute Gasteiger partial charge is 0.320 e. The molecule has 0 aromatic heterocycles. The van der Waals surface area contributed by atoms with Gasteiger partial charge in [0, 0.05) is 0 Å². The minimum atomic E-state index is -2.52. The molecule has 0 aliphatic rings. The van der Waals surface area contributed by atoms with Crippen LogP contribution in [-0.4, -0.2) is 19.6 Å². The lowest BCUT2D eigenvalue weighted by Crippen LogP contribution is -2.04. The fourth-order valence-electron chi connectivity index (χ4n) is 0.219. The van der Waals surface area contributed by atoms with Crippen LogP contribution >= 0.6 is 0 Å². The summed E-state index contributed by atoms with van der Waals surface area (Å²) in [5, 5.41) is 0. The van der Waals surface area contributed by atoms with E-state index in [1.165, 1.54) is 0 Å². The zero-order valence-electron chi connectivity index (χ0n) is 5.31. The van der Waals surface area contributed by atoms with Crippen LogP contribution in [0.3, 0.4) is 0 Å². The molecule has 7 heteroatoms. The molecule has 0 rings (SSSR count). The first-order chi connectivity index (χ1) is 4.66. The number of rotatable bonds is 5. The maximum atomic E-state index is 10.3. The summed E-state index contributed by atoms with van der Waals surface area (Å²) in [4.78, 5) is 0. The van der Waals surface area contributed by atoms with Crippen LogP contribution in [0.25, 0.3) is 0 Å². The third-order valence-corrected chi connectivity index (χ3v) is 1.77. The van der Waals surface area contributed by atoms with Crippen molar-refractivity contribution in [1.82, 2.24) is 0 Å². The van der Waals surface area contributed by atoms with E-state index in [-0.39, 0.29) is 6.61 Å². The van der Waals surface area contributed by atoms with E-state index in [0.717, 1.165) is 0 Å². The van der Waals surface area contributed by atoms with Crippen LogP contribution in [0.5, 0.6) is 0 Å². The summed E-state index contributed by atoms with van der Waals surface area (Å²) in [6, 6.07) is 0. The molecule has 0 saturated carbocycles. The van der Waals surface area contributed by atoms with Crippen LogP contribution in [0, 0.1) is 0 Å². The van der Waals surface area contributed by atoms with Crippen molar-refractivity contribution in [1.29, 1.82) is 0 Å². The van der Waals surface area contributed by atoms with Crippen LogP contribution < -0.4 is 0 Å². The molecular formula is C3H8O5S2. The molecule has 10 heavy (non-hydrogen) atoms. The van der Waals surface area contributed by atoms with Crippen molar-refractivity contribution < 1.29 is 20.8 Å². The smallest absolute Gasteiger partial charge is 0.283 e. The van der Waals surface area contributed by atoms with Gasteiger partial charge in [-0.05, 0) is 6.42 Å². The lowest BCUT2D eigenvalue weighted by Gasteiger charge is -1.96. The van der Waals surface area contributed by atoms with Crippen LogP contribution in [-0.2, 0) is 30.5 Å². The van der Waals surface area contributed by atoms with Crippen molar-refractivity contribution in [3.8, 4) is 0 Å². The van der Waals surface area contributed by atoms with Crippen molar-refractivity contribution in [2.75, 3.05) is 6.61 Å². The Morgan fingerprint density at radius 1 is 1.50 bits per heavy atom. The molecule has 0 fully saturated rings. The van der Waals surface area contributed by atoms with Crippen LogP contribution in [0.15, 0.2) is 0 Å². The van der Waals surface area contributed by atoms with Gasteiger partial charge in [-0.3, -0.25) is 8.74 Å². The molecule has 1 N–H and O–H groups in total. The highest BCUT2D eigenvalue weighted by Crippen LogP contribution is 1.92. The maximum absolute atomic E-state index is 10.3. The fourth-order valence-corrected chi connectivity index (χ4v) is 1.06. The molecule has 0 heterocycles. The summed E-state index contributed by atoms with van der Waals surface area (Å²) in [5.41, 5.74) is 0. The topological polar surface area (TPSA) is 72.8 Å². The van der Waals surface area contributed by atoms with Gasteiger partial charge in [0.2, 0.25) is 0 Å². The molecule has 0 spiro atoms. The van der Waals surface area contributed by atoms with Crippen molar-refractivity contribution in [2.24, 2.45) is 0 Å². The summed E-state index contributed by atoms with van der Waals surface area (Å²) in [6.45, 7) is 2.05. The van der Waals surface area contributed by atoms with Gasteiger partial charge in [-0.15, -0.1) is 3.63 Å². The molecule has 0 aromatic rings. The van der Waals surface area contributed by atoms with E-state index in [1.54, 1.807) is 0 Å². The maximum Gasteiger partial charge on any atom is 0.320 e. The minimum Gasteiger partial charge on any atom is -0.283 e. The minimum absolute atomic E-state index is 0.240. The van der Waals surface area contributed by atoms with Gasteiger partial charge in [0.1, 0.15) is 0 Å². The van der Waals surface area contributed by atoms with Crippen molar-refractivity contribution >= 4 is 22.7 Å². The molecule has 0 radical (unpaired) electrons. The van der Waals surface area contributed by atoms with E-state index < -0.39 is 22.7 Å². The highest BCUT2D eigenvalue weighted by molar-refractivity contribution is 7.88. The predicted octanol–water partition coefficient (Wildman–Crippen LogP) is 0.145. The summed E-state index contributed by atoms with van der Waals surface area (Å²) in [7, 11) is 0. The predicted molar refractivity (Wildman–Crippen MR) is 36.2 cm³/mol. The second-order valence-corrected chi connectivity index (χ2v) is 2.93. The SMILES string of the molecule is CCCOS(=O)OS(=O)O. The average Bonchev–Trinajstić information content (AvgIpc) is 1.82. The lowest BCUT2D eigenvalue weighted by atomic mass is 10.5. The quantitative estimate of drug-likeness (QED) is 0.621. The summed E-state index contributed by atoms with van der Waals surface area (Å²) in [6.07, 6.45) is 0.674.